The van der Waals surface area contributed by atoms with Gasteiger partial charge in [0.2, 0.25) is 0 Å². The van der Waals surface area contributed by atoms with Crippen LogP contribution in [0, 0.1) is 0 Å². The van der Waals surface area contributed by atoms with Crippen LogP contribution in [0.3, 0.4) is 0 Å². The number of hydrogen-bond donors (Lipinski definition) is 1. The number of hydrogen-bond acceptors (Lipinski definition) is 2. The van der Waals surface area contributed by atoms with Crippen molar-refractivity contribution in [2.45, 2.75) is 0 Å². The van der Waals surface area contributed by atoms with E-state index in [9.17, 15) is 9.90 Å². The van der Waals surface area contributed by atoms with E-state index in [4.69, 9.17) is 0 Å². The van der Waals surface area contributed by atoms with Gasteiger partial charge in [0.15, 0.2) is 5.78 Å². The van der Waals surface area contributed by atoms with E-state index < -0.39 is 0 Å². The fraction of sp³-hybridized carbons (Fsp3) is 0. The van der Waals surface area contributed by atoms with E-state index in [1.807, 2.05) is 36.4 Å². The first kappa shape index (κ1) is 13.1. The molecule has 0 aliphatic heterocycles. The molecule has 0 heterocycles. The maximum atomic E-state index is 12.1. The van der Waals surface area contributed by atoms with Gasteiger partial charge in [-0.05, 0) is 46.7 Å². The summed E-state index contributed by atoms with van der Waals surface area (Å²) in [5.74, 6) is 0.0764. The first-order valence-electron chi connectivity index (χ1n) is 6.73. The van der Waals surface area contributed by atoms with Crippen LogP contribution in [0.15, 0.2) is 72.8 Å². The molecule has 0 atom stereocenters. The van der Waals surface area contributed by atoms with Crippen LogP contribution in [0.2, 0.25) is 0 Å². The predicted molar refractivity (Wildman–Crippen MR) is 85.4 cm³/mol. The molecule has 2 heteroatoms. The topological polar surface area (TPSA) is 37.3 Å². The van der Waals surface area contributed by atoms with Crippen molar-refractivity contribution in [3.63, 3.8) is 0 Å². The molecule has 0 spiro atoms. The standard InChI is InChI=1S/C19H14O2/c20-17-11-8-16(9-12-17)19(21)13-10-15-6-3-5-14-4-1-2-7-18(14)15/h1-13,20H. The number of rotatable bonds is 3. The van der Waals surface area contributed by atoms with Gasteiger partial charge >= 0.3 is 0 Å². The molecule has 0 radical (unpaired) electrons. The van der Waals surface area contributed by atoms with Gasteiger partial charge in [-0.25, -0.2) is 0 Å². The van der Waals surface area contributed by atoms with Crippen LogP contribution < -0.4 is 0 Å². The van der Waals surface area contributed by atoms with Crippen molar-refractivity contribution in [2.24, 2.45) is 0 Å². The molecule has 0 saturated heterocycles. The van der Waals surface area contributed by atoms with Crippen LogP contribution in [0.4, 0.5) is 0 Å². The first-order chi connectivity index (χ1) is 10.2. The summed E-state index contributed by atoms with van der Waals surface area (Å²) in [4.78, 5) is 12.1. The normalized spacial score (nSPS) is 11.0. The van der Waals surface area contributed by atoms with Gasteiger partial charge in [-0.15, -0.1) is 0 Å². The summed E-state index contributed by atoms with van der Waals surface area (Å²) in [5, 5.41) is 11.5. The molecule has 2 nitrogen and oxygen atoms in total. The van der Waals surface area contributed by atoms with Gasteiger partial charge in [0, 0.05) is 5.56 Å². The second kappa shape index (κ2) is 5.63. The SMILES string of the molecule is O=C(C=Cc1cccc2ccccc12)c1ccc(O)cc1. The highest BCUT2D eigenvalue weighted by Crippen LogP contribution is 2.20. The Kier molecular flexibility index (Phi) is 3.52. The molecule has 21 heavy (non-hydrogen) atoms. The quantitative estimate of drug-likeness (QED) is 0.566. The Morgan fingerprint density at radius 2 is 1.57 bits per heavy atom. The highest BCUT2D eigenvalue weighted by molar-refractivity contribution is 6.07. The Morgan fingerprint density at radius 1 is 0.857 bits per heavy atom. The third kappa shape index (κ3) is 2.84. The highest BCUT2D eigenvalue weighted by Gasteiger charge is 2.02. The molecule has 0 aromatic heterocycles. The zero-order valence-corrected chi connectivity index (χ0v) is 11.4. The molecule has 0 aliphatic carbocycles. The number of ketones is 1. The summed E-state index contributed by atoms with van der Waals surface area (Å²) in [6.45, 7) is 0. The van der Waals surface area contributed by atoms with E-state index >= 15 is 0 Å². The fourth-order valence-electron chi connectivity index (χ4n) is 2.28. The van der Waals surface area contributed by atoms with Gasteiger partial charge in [0.25, 0.3) is 0 Å². The highest BCUT2D eigenvalue weighted by atomic mass is 16.3. The average molecular weight is 274 g/mol. The molecule has 0 amide bonds. The zero-order chi connectivity index (χ0) is 14.7. The van der Waals surface area contributed by atoms with Gasteiger partial charge in [0.05, 0.1) is 0 Å². The molecular formula is C19H14O2. The number of allylic oxidation sites excluding steroid dienone is 1. The van der Waals surface area contributed by atoms with Crippen LogP contribution in [-0.4, -0.2) is 10.9 Å². The third-order valence-corrected chi connectivity index (χ3v) is 3.39. The number of fused-ring (bicyclic) bond motifs is 1. The lowest BCUT2D eigenvalue weighted by Gasteiger charge is -2.01. The first-order valence-corrected chi connectivity index (χ1v) is 6.73. The molecule has 102 valence electrons. The van der Waals surface area contributed by atoms with Crippen molar-refractivity contribution in [3.8, 4) is 5.75 Å². The maximum absolute atomic E-state index is 12.1. The smallest absolute Gasteiger partial charge is 0.185 e. The van der Waals surface area contributed by atoms with Crippen LogP contribution >= 0.6 is 0 Å². The van der Waals surface area contributed by atoms with Crippen molar-refractivity contribution in [3.05, 3.63) is 83.9 Å². The summed E-state index contributed by atoms with van der Waals surface area (Å²) in [7, 11) is 0. The minimum absolute atomic E-state index is 0.0806. The van der Waals surface area contributed by atoms with E-state index in [0.717, 1.165) is 16.3 Å². The number of phenols is 1. The van der Waals surface area contributed by atoms with Gasteiger partial charge in [-0.3, -0.25) is 4.79 Å². The summed E-state index contributed by atoms with van der Waals surface area (Å²) < 4.78 is 0. The van der Waals surface area contributed by atoms with E-state index in [1.54, 1.807) is 18.2 Å². The molecule has 3 aromatic rings. The summed E-state index contributed by atoms with van der Waals surface area (Å²) in [5.41, 5.74) is 1.57. The Morgan fingerprint density at radius 3 is 2.38 bits per heavy atom. The monoisotopic (exact) mass is 274 g/mol. The van der Waals surface area contributed by atoms with Crippen molar-refractivity contribution < 1.29 is 9.90 Å². The van der Waals surface area contributed by atoms with Gasteiger partial charge < -0.3 is 5.11 Å². The molecule has 0 aliphatic rings. The third-order valence-electron chi connectivity index (χ3n) is 3.39. The van der Waals surface area contributed by atoms with Gasteiger partial charge in [0.1, 0.15) is 5.75 Å². The number of carbonyl (C=O) groups is 1. The lowest BCUT2D eigenvalue weighted by atomic mass is 10.0. The molecule has 0 fully saturated rings. The molecule has 0 unspecified atom stereocenters. The summed E-state index contributed by atoms with van der Waals surface area (Å²) >= 11 is 0. The fourth-order valence-corrected chi connectivity index (χ4v) is 2.28. The van der Waals surface area contributed by atoms with E-state index in [1.165, 1.54) is 12.1 Å². The molecule has 3 aromatic carbocycles. The molecular weight excluding hydrogens is 260 g/mol. The predicted octanol–water partition coefficient (Wildman–Crippen LogP) is 4.44. The minimum Gasteiger partial charge on any atom is -0.508 e. The lowest BCUT2D eigenvalue weighted by Crippen LogP contribution is -1.93. The van der Waals surface area contributed by atoms with E-state index in [2.05, 4.69) is 12.1 Å². The second-order valence-corrected chi connectivity index (χ2v) is 4.81. The second-order valence-electron chi connectivity index (χ2n) is 4.81. The van der Waals surface area contributed by atoms with Gasteiger partial charge in [-0.1, -0.05) is 48.5 Å². The molecule has 0 saturated carbocycles. The zero-order valence-electron chi connectivity index (χ0n) is 11.4. The minimum atomic E-state index is -0.0806. The number of carbonyl (C=O) groups excluding carboxylic acids is 1. The number of benzene rings is 3. The van der Waals surface area contributed by atoms with Crippen molar-refractivity contribution >= 4 is 22.6 Å². The number of phenolic OH excluding ortho intramolecular Hbond substituents is 1. The largest absolute Gasteiger partial charge is 0.508 e. The Balaban J connectivity index is 1.91. The lowest BCUT2D eigenvalue weighted by molar-refractivity contribution is 0.104. The Labute approximate surface area is 123 Å². The number of aromatic hydroxyl groups is 1. The van der Waals surface area contributed by atoms with Crippen LogP contribution in [-0.2, 0) is 0 Å². The summed E-state index contributed by atoms with van der Waals surface area (Å²) in [6, 6.07) is 20.4. The van der Waals surface area contributed by atoms with E-state index in [0.29, 0.717) is 5.56 Å². The van der Waals surface area contributed by atoms with Crippen molar-refractivity contribution in [1.82, 2.24) is 0 Å². The Bertz CT molecular complexity index is 809. The van der Waals surface area contributed by atoms with Crippen LogP contribution in [0.25, 0.3) is 16.8 Å². The van der Waals surface area contributed by atoms with Crippen LogP contribution in [0.1, 0.15) is 15.9 Å². The molecule has 0 bridgehead atoms. The summed E-state index contributed by atoms with van der Waals surface area (Å²) in [6.07, 6.45) is 3.39. The Hall–Kier alpha value is -2.87. The molecule has 3 rings (SSSR count). The van der Waals surface area contributed by atoms with E-state index in [-0.39, 0.29) is 11.5 Å². The van der Waals surface area contributed by atoms with Crippen molar-refractivity contribution in [2.75, 3.05) is 0 Å². The molecule has 1 N–H and O–H groups in total. The maximum Gasteiger partial charge on any atom is 0.185 e. The van der Waals surface area contributed by atoms with Gasteiger partial charge in [-0.2, -0.15) is 0 Å². The average Bonchev–Trinajstić information content (AvgIpc) is 2.53. The van der Waals surface area contributed by atoms with Crippen LogP contribution in [0.5, 0.6) is 5.75 Å². The van der Waals surface area contributed by atoms with Crippen molar-refractivity contribution in [1.29, 1.82) is 0 Å².